The third-order valence-electron chi connectivity index (χ3n) is 3.86. The average Bonchev–Trinajstić information content (AvgIpc) is 2.96. The first-order valence-corrected chi connectivity index (χ1v) is 10.8. The zero-order chi connectivity index (χ0) is 18.9. The molecule has 8 heteroatoms. The van der Waals surface area contributed by atoms with Gasteiger partial charge in [-0.1, -0.05) is 47.5 Å². The van der Waals surface area contributed by atoms with Crippen LogP contribution in [0.15, 0.2) is 47.4 Å². The van der Waals surface area contributed by atoms with E-state index in [0.717, 1.165) is 21.1 Å². The number of nitrogens with one attached hydrogen (secondary N) is 1. The second-order valence-electron chi connectivity index (χ2n) is 5.74. The van der Waals surface area contributed by atoms with E-state index in [2.05, 4.69) is 9.71 Å². The molecule has 0 aliphatic rings. The van der Waals surface area contributed by atoms with Crippen LogP contribution in [-0.2, 0) is 16.6 Å². The number of hydrogen-bond donors (Lipinski definition) is 1. The fraction of sp³-hybridized carbons (Fsp3) is 0.167. The maximum absolute atomic E-state index is 12.6. The first kappa shape index (κ1) is 19.3. The summed E-state index contributed by atoms with van der Waals surface area (Å²) in [4.78, 5) is 5.54. The molecule has 0 bridgehead atoms. The van der Waals surface area contributed by atoms with Crippen LogP contribution in [0.25, 0.3) is 10.6 Å². The summed E-state index contributed by atoms with van der Waals surface area (Å²) < 4.78 is 27.9. The number of halogens is 2. The van der Waals surface area contributed by atoms with Gasteiger partial charge in [-0.3, -0.25) is 0 Å². The number of hydrogen-bond acceptors (Lipinski definition) is 4. The van der Waals surface area contributed by atoms with E-state index in [1.165, 1.54) is 17.4 Å². The molecule has 2 aromatic carbocycles. The Hall–Kier alpha value is -1.44. The van der Waals surface area contributed by atoms with Crippen LogP contribution in [0, 0.1) is 13.8 Å². The average molecular weight is 427 g/mol. The van der Waals surface area contributed by atoms with Crippen LogP contribution in [0.5, 0.6) is 0 Å². The van der Waals surface area contributed by atoms with Crippen molar-refractivity contribution in [2.75, 3.05) is 0 Å². The van der Waals surface area contributed by atoms with Gasteiger partial charge in [0, 0.05) is 22.0 Å². The predicted molar refractivity (Wildman–Crippen MR) is 108 cm³/mol. The summed E-state index contributed by atoms with van der Waals surface area (Å²) in [5, 5.41) is 1.76. The minimum Gasteiger partial charge on any atom is -0.241 e. The summed E-state index contributed by atoms with van der Waals surface area (Å²) >= 11 is 13.6. The molecule has 0 amide bonds. The van der Waals surface area contributed by atoms with Gasteiger partial charge in [0.2, 0.25) is 10.0 Å². The standard InChI is InChI=1S/C18H16Cl2N2O2S2/c1-11-7-8-13(19)9-17(11)26(23,24)21-10-16-12(2)22-18(25-16)14-5-3-4-6-15(14)20/h3-9,21H,10H2,1-2H3. The summed E-state index contributed by atoms with van der Waals surface area (Å²) in [6.07, 6.45) is 0. The van der Waals surface area contributed by atoms with E-state index in [0.29, 0.717) is 15.6 Å². The van der Waals surface area contributed by atoms with E-state index in [4.69, 9.17) is 23.2 Å². The minimum atomic E-state index is -3.67. The second-order valence-corrected chi connectivity index (χ2v) is 9.40. The highest BCUT2D eigenvalue weighted by molar-refractivity contribution is 7.89. The molecule has 0 unspecified atom stereocenters. The van der Waals surface area contributed by atoms with E-state index in [9.17, 15) is 8.42 Å². The maximum atomic E-state index is 12.6. The van der Waals surface area contributed by atoms with Gasteiger partial charge in [0.25, 0.3) is 0 Å². The van der Waals surface area contributed by atoms with Crippen LogP contribution in [0.1, 0.15) is 16.1 Å². The third kappa shape index (κ3) is 4.10. The van der Waals surface area contributed by atoms with E-state index in [1.54, 1.807) is 25.1 Å². The number of nitrogens with zero attached hydrogens (tertiary/aromatic N) is 1. The minimum absolute atomic E-state index is 0.155. The lowest BCUT2D eigenvalue weighted by Crippen LogP contribution is -2.23. The van der Waals surface area contributed by atoms with E-state index >= 15 is 0 Å². The van der Waals surface area contributed by atoms with Crippen molar-refractivity contribution in [1.82, 2.24) is 9.71 Å². The Morgan fingerprint density at radius 1 is 1.12 bits per heavy atom. The molecular weight excluding hydrogens is 411 g/mol. The van der Waals surface area contributed by atoms with Gasteiger partial charge in [0.05, 0.1) is 15.6 Å². The molecule has 0 saturated heterocycles. The van der Waals surface area contributed by atoms with Gasteiger partial charge >= 0.3 is 0 Å². The Labute approximate surface area is 166 Å². The number of sulfonamides is 1. The van der Waals surface area contributed by atoms with Crippen molar-refractivity contribution < 1.29 is 8.42 Å². The van der Waals surface area contributed by atoms with Crippen molar-refractivity contribution in [2.45, 2.75) is 25.3 Å². The molecule has 0 fully saturated rings. The third-order valence-corrected chi connectivity index (χ3v) is 7.16. The van der Waals surface area contributed by atoms with E-state index < -0.39 is 10.0 Å². The van der Waals surface area contributed by atoms with Crippen LogP contribution in [0.2, 0.25) is 10.0 Å². The van der Waals surface area contributed by atoms with Gasteiger partial charge in [0.15, 0.2) is 0 Å². The van der Waals surface area contributed by atoms with Crippen molar-refractivity contribution >= 4 is 44.6 Å². The zero-order valence-corrected chi connectivity index (χ0v) is 17.2. The lowest BCUT2D eigenvalue weighted by molar-refractivity contribution is 0.581. The highest BCUT2D eigenvalue weighted by Gasteiger charge is 2.19. The van der Waals surface area contributed by atoms with Crippen LogP contribution >= 0.6 is 34.5 Å². The summed E-state index contributed by atoms with van der Waals surface area (Å²) in [6, 6.07) is 12.2. The molecule has 0 radical (unpaired) electrons. The fourth-order valence-electron chi connectivity index (χ4n) is 2.44. The van der Waals surface area contributed by atoms with Crippen LogP contribution < -0.4 is 4.72 Å². The van der Waals surface area contributed by atoms with Crippen molar-refractivity contribution in [3.63, 3.8) is 0 Å². The second kappa shape index (κ2) is 7.66. The van der Waals surface area contributed by atoms with Crippen molar-refractivity contribution in [3.05, 3.63) is 68.6 Å². The Balaban J connectivity index is 1.84. The van der Waals surface area contributed by atoms with Crippen LogP contribution in [0.3, 0.4) is 0 Å². The zero-order valence-electron chi connectivity index (χ0n) is 14.1. The maximum Gasteiger partial charge on any atom is 0.241 e. The molecule has 1 aromatic heterocycles. The summed E-state index contributed by atoms with van der Waals surface area (Å²) in [7, 11) is -3.67. The van der Waals surface area contributed by atoms with Gasteiger partial charge in [-0.15, -0.1) is 11.3 Å². The molecule has 136 valence electrons. The first-order chi connectivity index (χ1) is 12.3. The topological polar surface area (TPSA) is 59.1 Å². The monoisotopic (exact) mass is 426 g/mol. The molecular formula is C18H16Cl2N2O2S2. The Kier molecular flexibility index (Phi) is 5.69. The molecule has 0 aliphatic heterocycles. The number of rotatable bonds is 5. The molecule has 26 heavy (non-hydrogen) atoms. The molecule has 4 nitrogen and oxygen atoms in total. The summed E-state index contributed by atoms with van der Waals surface area (Å²) in [5.41, 5.74) is 2.25. The Bertz CT molecular complexity index is 1060. The number of aryl methyl sites for hydroxylation is 2. The predicted octanol–water partition coefficient (Wildman–Crippen LogP) is 5.21. The number of benzene rings is 2. The molecule has 1 N–H and O–H groups in total. The Morgan fingerprint density at radius 3 is 2.58 bits per heavy atom. The quantitative estimate of drug-likeness (QED) is 0.608. The first-order valence-electron chi connectivity index (χ1n) is 7.75. The lowest BCUT2D eigenvalue weighted by Gasteiger charge is -2.09. The highest BCUT2D eigenvalue weighted by atomic mass is 35.5. The largest absolute Gasteiger partial charge is 0.241 e. The van der Waals surface area contributed by atoms with E-state index in [1.807, 2.05) is 25.1 Å². The SMILES string of the molecule is Cc1ccc(Cl)cc1S(=O)(=O)NCc1sc(-c2ccccc2Cl)nc1C. The van der Waals surface area contributed by atoms with Gasteiger partial charge in [-0.05, 0) is 37.6 Å². The molecule has 3 aromatic rings. The summed E-state index contributed by atoms with van der Waals surface area (Å²) in [5.74, 6) is 0. The molecule has 0 aliphatic carbocycles. The lowest BCUT2D eigenvalue weighted by atomic mass is 10.2. The van der Waals surface area contributed by atoms with Crippen molar-refractivity contribution in [2.24, 2.45) is 0 Å². The smallest absolute Gasteiger partial charge is 0.241 e. The van der Waals surface area contributed by atoms with Gasteiger partial charge in [-0.25, -0.2) is 18.1 Å². The van der Waals surface area contributed by atoms with Gasteiger partial charge in [-0.2, -0.15) is 0 Å². The number of aromatic nitrogens is 1. The fourth-order valence-corrected chi connectivity index (χ4v) is 5.36. The normalized spacial score (nSPS) is 11.7. The van der Waals surface area contributed by atoms with E-state index in [-0.39, 0.29) is 11.4 Å². The Morgan fingerprint density at radius 2 is 1.85 bits per heavy atom. The van der Waals surface area contributed by atoms with Crippen molar-refractivity contribution in [3.8, 4) is 10.6 Å². The van der Waals surface area contributed by atoms with Gasteiger partial charge < -0.3 is 0 Å². The highest BCUT2D eigenvalue weighted by Crippen LogP contribution is 2.33. The molecule has 0 saturated carbocycles. The summed E-state index contributed by atoms with van der Waals surface area (Å²) in [6.45, 7) is 3.74. The number of thiazole rings is 1. The van der Waals surface area contributed by atoms with Crippen LogP contribution in [0.4, 0.5) is 0 Å². The van der Waals surface area contributed by atoms with Crippen molar-refractivity contribution in [1.29, 1.82) is 0 Å². The molecule has 0 atom stereocenters. The van der Waals surface area contributed by atoms with Crippen LogP contribution in [-0.4, -0.2) is 13.4 Å². The van der Waals surface area contributed by atoms with Gasteiger partial charge in [0.1, 0.15) is 5.01 Å². The molecule has 0 spiro atoms. The molecule has 1 heterocycles. The molecule has 3 rings (SSSR count).